The molecule has 2 aliphatic heterocycles. The first-order chi connectivity index (χ1) is 7.72. The summed E-state index contributed by atoms with van der Waals surface area (Å²) in [7, 11) is 0. The molecule has 2 heterocycles. The average molecular weight is 226 g/mol. The van der Waals surface area contributed by atoms with E-state index in [1.54, 1.807) is 0 Å². The van der Waals surface area contributed by atoms with Crippen LogP contribution in [0.2, 0.25) is 0 Å². The van der Waals surface area contributed by atoms with Gasteiger partial charge in [0.1, 0.15) is 0 Å². The third-order valence-electron chi connectivity index (χ3n) is 4.25. The monoisotopic (exact) mass is 226 g/mol. The zero-order valence-electron chi connectivity index (χ0n) is 10.5. The van der Waals surface area contributed by atoms with Crippen LogP contribution in [0.3, 0.4) is 0 Å². The van der Waals surface area contributed by atoms with Crippen molar-refractivity contribution in [2.45, 2.75) is 44.6 Å². The first kappa shape index (κ1) is 12.3. The molecule has 0 saturated carbocycles. The van der Waals surface area contributed by atoms with Crippen molar-refractivity contribution < 1.29 is 5.11 Å². The summed E-state index contributed by atoms with van der Waals surface area (Å²) >= 11 is 0. The number of nitrogens with one attached hydrogen (secondary N) is 1. The fourth-order valence-electron chi connectivity index (χ4n) is 3.24. The molecular weight excluding hydrogens is 200 g/mol. The minimum atomic E-state index is -0.368. The van der Waals surface area contributed by atoms with Gasteiger partial charge in [0.2, 0.25) is 0 Å². The highest BCUT2D eigenvalue weighted by Crippen LogP contribution is 2.30. The van der Waals surface area contributed by atoms with E-state index in [-0.39, 0.29) is 5.60 Å². The lowest BCUT2D eigenvalue weighted by Crippen LogP contribution is -2.45. The molecule has 94 valence electrons. The molecule has 0 aliphatic carbocycles. The van der Waals surface area contributed by atoms with Gasteiger partial charge in [-0.2, -0.15) is 0 Å². The Morgan fingerprint density at radius 3 is 2.81 bits per heavy atom. The minimum absolute atomic E-state index is 0.368. The molecule has 2 saturated heterocycles. The third kappa shape index (κ3) is 3.19. The van der Waals surface area contributed by atoms with Gasteiger partial charge >= 0.3 is 0 Å². The number of hydrogen-bond acceptors (Lipinski definition) is 3. The summed E-state index contributed by atoms with van der Waals surface area (Å²) in [5.41, 5.74) is -0.368. The lowest BCUT2D eigenvalue weighted by Gasteiger charge is -2.39. The second-order valence-electron chi connectivity index (χ2n) is 5.58. The molecular formula is C13H26N2O. The van der Waals surface area contributed by atoms with E-state index in [1.165, 1.54) is 25.9 Å². The van der Waals surface area contributed by atoms with Gasteiger partial charge in [-0.1, -0.05) is 6.92 Å². The molecule has 2 aliphatic rings. The van der Waals surface area contributed by atoms with Gasteiger partial charge in [-0.25, -0.2) is 0 Å². The number of piperidine rings is 2. The number of hydrogen-bond donors (Lipinski definition) is 2. The van der Waals surface area contributed by atoms with E-state index in [0.29, 0.717) is 0 Å². The molecule has 1 atom stereocenters. The number of aliphatic hydroxyl groups is 1. The molecule has 0 radical (unpaired) electrons. The standard InChI is InChI=1S/C13H26N2O/c1-2-15-9-3-4-12(11-15)10-13(16)5-7-14-8-6-13/h12,14,16H,2-11H2,1H3. The van der Waals surface area contributed by atoms with Crippen LogP contribution >= 0.6 is 0 Å². The van der Waals surface area contributed by atoms with Gasteiger partial charge in [0.05, 0.1) is 5.60 Å². The van der Waals surface area contributed by atoms with Crippen molar-refractivity contribution in [1.29, 1.82) is 0 Å². The van der Waals surface area contributed by atoms with E-state index < -0.39 is 0 Å². The highest BCUT2D eigenvalue weighted by molar-refractivity contribution is 4.88. The summed E-state index contributed by atoms with van der Waals surface area (Å²) < 4.78 is 0. The molecule has 0 bridgehead atoms. The Morgan fingerprint density at radius 2 is 2.12 bits per heavy atom. The third-order valence-corrected chi connectivity index (χ3v) is 4.25. The Kier molecular flexibility index (Phi) is 4.22. The molecule has 3 nitrogen and oxygen atoms in total. The van der Waals surface area contributed by atoms with Crippen molar-refractivity contribution in [2.75, 3.05) is 32.7 Å². The van der Waals surface area contributed by atoms with Crippen molar-refractivity contribution in [1.82, 2.24) is 10.2 Å². The van der Waals surface area contributed by atoms with Crippen molar-refractivity contribution in [3.8, 4) is 0 Å². The van der Waals surface area contributed by atoms with Crippen molar-refractivity contribution >= 4 is 0 Å². The Labute approximate surface area is 99.2 Å². The number of likely N-dealkylation sites (tertiary alicyclic amines) is 1. The van der Waals surface area contributed by atoms with Crippen LogP contribution in [0.5, 0.6) is 0 Å². The van der Waals surface area contributed by atoms with Gasteiger partial charge in [-0.05, 0) is 64.2 Å². The Morgan fingerprint density at radius 1 is 1.38 bits per heavy atom. The van der Waals surface area contributed by atoms with E-state index in [2.05, 4.69) is 17.1 Å². The average Bonchev–Trinajstić information content (AvgIpc) is 2.29. The first-order valence-corrected chi connectivity index (χ1v) is 6.87. The van der Waals surface area contributed by atoms with E-state index in [9.17, 15) is 5.11 Å². The van der Waals surface area contributed by atoms with E-state index in [4.69, 9.17) is 0 Å². The molecule has 0 aromatic rings. The van der Waals surface area contributed by atoms with Crippen LogP contribution in [0.1, 0.15) is 39.0 Å². The van der Waals surface area contributed by atoms with Crippen LogP contribution in [0.15, 0.2) is 0 Å². The SMILES string of the molecule is CCN1CCCC(CC2(O)CCNCC2)C1. The van der Waals surface area contributed by atoms with Crippen LogP contribution in [0, 0.1) is 5.92 Å². The number of rotatable bonds is 3. The molecule has 16 heavy (non-hydrogen) atoms. The highest BCUT2D eigenvalue weighted by atomic mass is 16.3. The van der Waals surface area contributed by atoms with E-state index >= 15 is 0 Å². The van der Waals surface area contributed by atoms with Crippen LogP contribution in [0.25, 0.3) is 0 Å². The molecule has 0 amide bonds. The molecule has 0 aromatic heterocycles. The predicted octanol–water partition coefficient (Wildman–Crippen LogP) is 1.22. The zero-order chi connectivity index (χ0) is 11.4. The van der Waals surface area contributed by atoms with Crippen LogP contribution < -0.4 is 5.32 Å². The summed E-state index contributed by atoms with van der Waals surface area (Å²) in [6.45, 7) is 7.83. The van der Waals surface area contributed by atoms with Crippen LogP contribution in [-0.2, 0) is 0 Å². The van der Waals surface area contributed by atoms with Crippen molar-refractivity contribution in [2.24, 2.45) is 5.92 Å². The Balaban J connectivity index is 1.83. The van der Waals surface area contributed by atoms with Gasteiger partial charge in [0, 0.05) is 6.54 Å². The minimum Gasteiger partial charge on any atom is -0.390 e. The maximum Gasteiger partial charge on any atom is 0.0675 e. The first-order valence-electron chi connectivity index (χ1n) is 6.87. The quantitative estimate of drug-likeness (QED) is 0.759. The fourth-order valence-corrected chi connectivity index (χ4v) is 3.24. The van der Waals surface area contributed by atoms with E-state index in [0.717, 1.165) is 44.8 Å². The maximum absolute atomic E-state index is 10.5. The largest absolute Gasteiger partial charge is 0.390 e. The fraction of sp³-hybridized carbons (Fsp3) is 1.00. The summed E-state index contributed by atoms with van der Waals surface area (Å²) in [6.07, 6.45) is 5.52. The molecule has 1 unspecified atom stereocenters. The maximum atomic E-state index is 10.5. The second-order valence-corrected chi connectivity index (χ2v) is 5.58. The summed E-state index contributed by atoms with van der Waals surface area (Å²) in [4.78, 5) is 2.53. The molecule has 2 fully saturated rings. The summed E-state index contributed by atoms with van der Waals surface area (Å²) in [5.74, 6) is 0.719. The lowest BCUT2D eigenvalue weighted by molar-refractivity contribution is -0.0213. The summed E-state index contributed by atoms with van der Waals surface area (Å²) in [6, 6.07) is 0. The van der Waals surface area contributed by atoms with Crippen LogP contribution in [0.4, 0.5) is 0 Å². The Bertz CT molecular complexity index is 214. The lowest BCUT2D eigenvalue weighted by atomic mass is 9.80. The normalized spacial score (nSPS) is 31.5. The van der Waals surface area contributed by atoms with Gasteiger partial charge in [-0.3, -0.25) is 0 Å². The smallest absolute Gasteiger partial charge is 0.0675 e. The molecule has 2 N–H and O–H groups in total. The second kappa shape index (κ2) is 5.48. The topological polar surface area (TPSA) is 35.5 Å². The number of nitrogens with zero attached hydrogens (tertiary/aromatic N) is 1. The van der Waals surface area contributed by atoms with Gasteiger partial charge < -0.3 is 15.3 Å². The predicted molar refractivity (Wildman–Crippen MR) is 66.5 cm³/mol. The molecule has 0 spiro atoms. The van der Waals surface area contributed by atoms with Crippen molar-refractivity contribution in [3.05, 3.63) is 0 Å². The molecule has 0 aromatic carbocycles. The van der Waals surface area contributed by atoms with Crippen LogP contribution in [-0.4, -0.2) is 48.3 Å². The van der Waals surface area contributed by atoms with Gasteiger partial charge in [0.25, 0.3) is 0 Å². The summed E-state index contributed by atoms with van der Waals surface area (Å²) in [5, 5.41) is 13.9. The van der Waals surface area contributed by atoms with Gasteiger partial charge in [-0.15, -0.1) is 0 Å². The molecule has 2 rings (SSSR count). The molecule has 3 heteroatoms. The Hall–Kier alpha value is -0.120. The van der Waals surface area contributed by atoms with E-state index in [1.807, 2.05) is 0 Å². The van der Waals surface area contributed by atoms with Crippen molar-refractivity contribution in [3.63, 3.8) is 0 Å². The van der Waals surface area contributed by atoms with Gasteiger partial charge in [0.15, 0.2) is 0 Å². The zero-order valence-corrected chi connectivity index (χ0v) is 10.5. The highest BCUT2D eigenvalue weighted by Gasteiger charge is 2.33.